The second-order valence-corrected chi connectivity index (χ2v) is 20.1. The minimum atomic E-state index is -1.16. The van der Waals surface area contributed by atoms with Gasteiger partial charge in [-0.25, -0.2) is 0 Å². The zero-order valence-electron chi connectivity index (χ0n) is 51.1. The topological polar surface area (TPSA) is 310 Å². The van der Waals surface area contributed by atoms with Crippen LogP contribution in [0.25, 0.3) is 0 Å². The Bertz CT molecular complexity index is 1480. The minimum absolute atomic E-state index is 0. The zero-order chi connectivity index (χ0) is 61.5. The number of amides is 4. The van der Waals surface area contributed by atoms with Crippen LogP contribution in [0.3, 0.4) is 0 Å². The molecule has 0 unspecified atom stereocenters. The molecule has 0 N–H and O–H groups in total. The first-order chi connectivity index (χ1) is 38.0. The second-order valence-electron chi connectivity index (χ2n) is 20.1. The number of aliphatic carboxylic acids is 4. The molecule has 20 nitrogen and oxygen atoms in total. The van der Waals surface area contributed by atoms with Gasteiger partial charge in [0, 0.05) is 102 Å². The number of rotatable bonds is 48. The first kappa shape index (κ1) is 85.1. The van der Waals surface area contributed by atoms with Gasteiger partial charge in [0.15, 0.2) is 0 Å². The Kier molecular flexibility index (Phi) is 63.0. The van der Waals surface area contributed by atoms with E-state index in [4.69, 9.17) is 0 Å². The molecular formula is C60H104N4O16Zr. The van der Waals surface area contributed by atoms with Crippen LogP contribution in [0, 0.1) is 0 Å². The van der Waals surface area contributed by atoms with E-state index in [-0.39, 0.29) is 176 Å². The predicted octanol–water partition coefficient (Wildman–Crippen LogP) is 5.18. The molecule has 81 heavy (non-hydrogen) atoms. The molecule has 0 aliphatic rings. The molecule has 0 heterocycles. The van der Waals surface area contributed by atoms with Crippen molar-refractivity contribution in [1.82, 2.24) is 19.6 Å². The smallest absolute Gasteiger partial charge is 0.550 e. The fourth-order valence-corrected chi connectivity index (χ4v) is 7.43. The third-order valence-corrected chi connectivity index (χ3v) is 12.4. The third kappa shape index (κ3) is 58.3. The number of carboxylic acids is 4. The summed E-state index contributed by atoms with van der Waals surface area (Å²) < 4.78 is 0. The minimum Gasteiger partial charge on any atom is -0.550 e. The molecule has 0 aliphatic carbocycles. The standard InChI is InChI=1S/4C15H27NO4.Zr/c4*1-3-5-10-16(11-6-4-2)14(18)12-13(17)8-7-9-15(19)20;/h4*3-12H2,1-2H3,(H,19,20);/q;;;;+4/p-4. The van der Waals surface area contributed by atoms with E-state index in [0.717, 1.165) is 103 Å². The molecule has 0 aromatic heterocycles. The van der Waals surface area contributed by atoms with Gasteiger partial charge >= 0.3 is 26.2 Å². The van der Waals surface area contributed by atoms with Gasteiger partial charge in [-0.2, -0.15) is 0 Å². The van der Waals surface area contributed by atoms with Crippen LogP contribution in [-0.2, 0) is 83.7 Å². The fraction of sp³-hybridized carbons (Fsp3) is 0.800. The van der Waals surface area contributed by atoms with Crippen molar-refractivity contribution in [3.05, 3.63) is 0 Å². The van der Waals surface area contributed by atoms with Gasteiger partial charge in [-0.3, -0.25) is 38.4 Å². The van der Waals surface area contributed by atoms with E-state index >= 15 is 0 Å². The predicted molar refractivity (Wildman–Crippen MR) is 300 cm³/mol. The molecule has 0 radical (unpaired) electrons. The Morgan fingerprint density at radius 1 is 0.235 bits per heavy atom. The first-order valence-electron chi connectivity index (χ1n) is 30.0. The Balaban J connectivity index is -0.000000316. The van der Waals surface area contributed by atoms with Crippen molar-refractivity contribution in [2.45, 2.75) is 261 Å². The monoisotopic (exact) mass is 1230 g/mol. The van der Waals surface area contributed by atoms with Crippen molar-refractivity contribution in [3.8, 4) is 0 Å². The molecule has 0 fully saturated rings. The number of nitrogens with zero attached hydrogens (tertiary/aromatic N) is 4. The summed E-state index contributed by atoms with van der Waals surface area (Å²) >= 11 is 0. The maximum atomic E-state index is 12.0. The number of hydrogen-bond acceptors (Lipinski definition) is 16. The van der Waals surface area contributed by atoms with Crippen molar-refractivity contribution in [2.75, 3.05) is 52.4 Å². The summed E-state index contributed by atoms with van der Waals surface area (Å²) in [4.78, 5) is 143. The SMILES string of the molecule is CCCCN(CCCC)C(=O)CC(=O)CCCC(=O)[O-].CCCCN(CCCC)C(=O)CC(=O)CCCC(=O)[O-].CCCCN(CCCC)C(=O)CC(=O)CCCC(=O)[O-].CCCCN(CCCC)C(=O)CC(=O)CCCC(=O)[O-].[Zr+4]. The van der Waals surface area contributed by atoms with Crippen molar-refractivity contribution >= 4 is 70.6 Å². The number of carbonyl (C=O) groups excluding carboxylic acids is 12. The van der Waals surface area contributed by atoms with Crippen molar-refractivity contribution in [1.29, 1.82) is 0 Å². The Morgan fingerprint density at radius 3 is 0.481 bits per heavy atom. The Labute approximate surface area is 505 Å². The average Bonchev–Trinajstić information content (AvgIpc) is 3.38. The second kappa shape index (κ2) is 59.9. The van der Waals surface area contributed by atoms with Crippen LogP contribution in [0.4, 0.5) is 0 Å². The van der Waals surface area contributed by atoms with Gasteiger partial charge < -0.3 is 59.2 Å². The number of carbonyl (C=O) groups is 12. The van der Waals surface area contributed by atoms with Crippen LogP contribution in [0.1, 0.15) is 261 Å². The van der Waals surface area contributed by atoms with Gasteiger partial charge in [-0.1, -0.05) is 107 Å². The quantitative estimate of drug-likeness (QED) is 0.0709. The molecule has 0 aromatic carbocycles. The van der Waals surface area contributed by atoms with E-state index < -0.39 is 23.9 Å². The number of unbranched alkanes of at least 4 members (excludes halogenated alkanes) is 8. The number of hydrogen-bond donors (Lipinski definition) is 0. The van der Waals surface area contributed by atoms with Gasteiger partial charge in [-0.15, -0.1) is 0 Å². The van der Waals surface area contributed by atoms with E-state index in [1.807, 2.05) is 0 Å². The molecule has 0 atom stereocenters. The van der Waals surface area contributed by atoms with Gasteiger partial charge in [0.05, 0.1) is 25.7 Å². The molecule has 0 bridgehead atoms. The normalized spacial score (nSPS) is 10.2. The summed E-state index contributed by atoms with van der Waals surface area (Å²) in [6.45, 7) is 22.1. The Morgan fingerprint density at radius 2 is 0.370 bits per heavy atom. The van der Waals surface area contributed by atoms with E-state index in [2.05, 4.69) is 55.4 Å². The molecule has 0 aliphatic heterocycles. The van der Waals surface area contributed by atoms with E-state index in [1.165, 1.54) is 0 Å². The number of carboxylic acid groups (broad SMARTS) is 4. The van der Waals surface area contributed by atoms with Gasteiger partial charge in [0.2, 0.25) is 23.6 Å². The van der Waals surface area contributed by atoms with Crippen molar-refractivity contribution in [3.63, 3.8) is 0 Å². The van der Waals surface area contributed by atoms with E-state index in [0.29, 0.717) is 52.4 Å². The van der Waals surface area contributed by atoms with Crippen molar-refractivity contribution in [2.24, 2.45) is 0 Å². The fourth-order valence-electron chi connectivity index (χ4n) is 7.43. The summed E-state index contributed by atoms with van der Waals surface area (Å²) in [5.74, 6) is -5.90. The summed E-state index contributed by atoms with van der Waals surface area (Å²) in [6.07, 6.45) is 16.2. The molecule has 0 saturated carbocycles. The molecular weight excluding hydrogens is 1120 g/mol. The molecule has 4 amide bonds. The molecule has 0 rings (SSSR count). The largest absolute Gasteiger partial charge is 4.00 e. The number of ketones is 4. The molecule has 0 spiro atoms. The average molecular weight is 1230 g/mol. The summed E-state index contributed by atoms with van der Waals surface area (Å²) in [7, 11) is 0. The third-order valence-electron chi connectivity index (χ3n) is 12.4. The van der Waals surface area contributed by atoms with Gasteiger partial charge in [0.1, 0.15) is 23.1 Å². The van der Waals surface area contributed by atoms with Gasteiger partial charge in [-0.05, 0) is 103 Å². The Hall–Kier alpha value is -4.68. The van der Waals surface area contributed by atoms with Crippen LogP contribution in [-0.4, -0.2) is 143 Å². The summed E-state index contributed by atoms with van der Waals surface area (Å²) in [5.41, 5.74) is 0. The maximum Gasteiger partial charge on any atom is 4.00 e. The van der Waals surface area contributed by atoms with Crippen LogP contribution < -0.4 is 20.4 Å². The van der Waals surface area contributed by atoms with Crippen molar-refractivity contribution < 1.29 is 104 Å². The molecule has 21 heteroatoms. The maximum absolute atomic E-state index is 12.0. The summed E-state index contributed by atoms with van der Waals surface area (Å²) in [6, 6.07) is 0. The van der Waals surface area contributed by atoms with Gasteiger partial charge in [0.25, 0.3) is 0 Å². The van der Waals surface area contributed by atoms with Crippen LogP contribution in [0.5, 0.6) is 0 Å². The van der Waals surface area contributed by atoms with Crippen LogP contribution in [0.15, 0.2) is 0 Å². The van der Waals surface area contributed by atoms with Crippen LogP contribution in [0.2, 0.25) is 0 Å². The van der Waals surface area contributed by atoms with Crippen LogP contribution >= 0.6 is 0 Å². The zero-order valence-corrected chi connectivity index (χ0v) is 53.6. The molecule has 0 saturated heterocycles. The molecule has 464 valence electrons. The van der Waals surface area contributed by atoms with E-state index in [1.54, 1.807) is 19.6 Å². The first-order valence-corrected chi connectivity index (χ1v) is 30.0. The number of Topliss-reactive ketones (excluding diaryl/α,β-unsaturated/α-hetero) is 4. The molecule has 0 aromatic rings. The van der Waals surface area contributed by atoms with E-state index in [9.17, 15) is 78.0 Å². The summed E-state index contributed by atoms with van der Waals surface area (Å²) in [5, 5.41) is 41.0.